The van der Waals surface area contributed by atoms with Crippen molar-refractivity contribution in [1.82, 2.24) is 25.7 Å². The zero-order chi connectivity index (χ0) is 20.1. The fourth-order valence-electron chi connectivity index (χ4n) is 2.39. The number of nitrogens with one attached hydrogen (secondary N) is 3. The van der Waals surface area contributed by atoms with Crippen LogP contribution in [0.5, 0.6) is 0 Å². The molecule has 0 saturated heterocycles. The predicted molar refractivity (Wildman–Crippen MR) is 104 cm³/mol. The zero-order valence-electron chi connectivity index (χ0n) is 17.6. The van der Waals surface area contributed by atoms with Gasteiger partial charge in [0.05, 0.1) is 11.2 Å². The number of hydrogen-bond donors (Lipinski definition) is 3. The number of ether oxygens (including phenoxy) is 1. The first kappa shape index (κ1) is 21.8. The van der Waals surface area contributed by atoms with Gasteiger partial charge in [-0.15, -0.1) is 0 Å². The van der Waals surface area contributed by atoms with Crippen LogP contribution in [0.1, 0.15) is 51.6 Å². The fraction of sp³-hybridized carbons (Fsp3) is 0.722. The number of guanidine groups is 1. The Morgan fingerprint density at radius 2 is 1.81 bits per heavy atom. The molecule has 26 heavy (non-hydrogen) atoms. The molecule has 3 N–H and O–H groups in total. The first-order valence-corrected chi connectivity index (χ1v) is 8.79. The first-order valence-electron chi connectivity index (χ1n) is 8.79. The maximum absolute atomic E-state index is 12.0. The van der Waals surface area contributed by atoms with E-state index < -0.39 is 17.2 Å². The average Bonchev–Trinajstić information content (AvgIpc) is 2.70. The molecular formula is C18H34N6O2. The standard InChI is InChI=1S/C18H34N6O2/c1-12-14(13(2)24(9)23-12)10-20-15(19-8)21-11-18(6,7)22-16(25)26-17(3,4)5/h10-11H2,1-9H3,(H,22,25)(H2,19,20,21). The number of nitrogens with zero attached hydrogens (tertiary/aromatic N) is 3. The summed E-state index contributed by atoms with van der Waals surface area (Å²) in [5.41, 5.74) is 2.25. The second-order valence-corrected chi connectivity index (χ2v) is 8.06. The van der Waals surface area contributed by atoms with Crippen LogP contribution >= 0.6 is 0 Å². The van der Waals surface area contributed by atoms with Gasteiger partial charge in [-0.3, -0.25) is 9.67 Å². The van der Waals surface area contributed by atoms with Crippen molar-refractivity contribution in [3.05, 3.63) is 17.0 Å². The molecule has 148 valence electrons. The molecule has 0 fully saturated rings. The molecule has 0 unspecified atom stereocenters. The van der Waals surface area contributed by atoms with Crippen molar-refractivity contribution in [3.8, 4) is 0 Å². The van der Waals surface area contributed by atoms with E-state index in [1.165, 1.54) is 0 Å². The summed E-state index contributed by atoms with van der Waals surface area (Å²) in [5.74, 6) is 0.659. The normalized spacial score (nSPS) is 12.7. The van der Waals surface area contributed by atoms with E-state index in [1.54, 1.807) is 7.05 Å². The highest BCUT2D eigenvalue weighted by Gasteiger charge is 2.24. The van der Waals surface area contributed by atoms with Gasteiger partial charge in [-0.05, 0) is 48.5 Å². The van der Waals surface area contributed by atoms with Crippen LogP contribution in [0.4, 0.5) is 4.79 Å². The Hall–Kier alpha value is -2.25. The lowest BCUT2D eigenvalue weighted by Crippen LogP contribution is -2.54. The second-order valence-electron chi connectivity index (χ2n) is 8.06. The Bertz CT molecular complexity index is 655. The zero-order valence-corrected chi connectivity index (χ0v) is 17.6. The van der Waals surface area contributed by atoms with Crippen LogP contribution in [-0.4, -0.2) is 46.6 Å². The summed E-state index contributed by atoms with van der Waals surface area (Å²) < 4.78 is 7.18. The van der Waals surface area contributed by atoms with E-state index in [-0.39, 0.29) is 0 Å². The van der Waals surface area contributed by atoms with E-state index in [2.05, 4.69) is 26.0 Å². The third kappa shape index (κ3) is 6.93. The second kappa shape index (κ2) is 8.42. The highest BCUT2D eigenvalue weighted by Crippen LogP contribution is 2.11. The number of aromatic nitrogens is 2. The van der Waals surface area contributed by atoms with Gasteiger partial charge in [0, 0.05) is 38.4 Å². The smallest absolute Gasteiger partial charge is 0.408 e. The molecule has 0 bridgehead atoms. The minimum Gasteiger partial charge on any atom is -0.444 e. The van der Waals surface area contributed by atoms with Gasteiger partial charge in [-0.2, -0.15) is 5.10 Å². The largest absolute Gasteiger partial charge is 0.444 e. The molecule has 0 radical (unpaired) electrons. The summed E-state index contributed by atoms with van der Waals surface area (Å²) >= 11 is 0. The van der Waals surface area contributed by atoms with Crippen molar-refractivity contribution in [2.24, 2.45) is 12.0 Å². The third-order valence-corrected chi connectivity index (χ3v) is 3.85. The van der Waals surface area contributed by atoms with Gasteiger partial charge in [-0.25, -0.2) is 4.79 Å². The first-order chi connectivity index (χ1) is 11.8. The molecule has 0 saturated carbocycles. The SMILES string of the molecule is CN=C(NCc1c(C)nn(C)c1C)NCC(C)(C)NC(=O)OC(C)(C)C. The lowest BCUT2D eigenvalue weighted by molar-refractivity contribution is 0.0474. The van der Waals surface area contributed by atoms with E-state index in [1.807, 2.05) is 60.2 Å². The molecule has 0 atom stereocenters. The number of rotatable bonds is 5. The topological polar surface area (TPSA) is 92.6 Å². The molecule has 8 nitrogen and oxygen atoms in total. The minimum absolute atomic E-state index is 0.436. The van der Waals surface area contributed by atoms with Crippen LogP contribution in [0.15, 0.2) is 4.99 Å². The Balaban J connectivity index is 2.56. The van der Waals surface area contributed by atoms with Crippen molar-refractivity contribution in [1.29, 1.82) is 0 Å². The molecule has 0 aliphatic carbocycles. The predicted octanol–water partition coefficient (Wildman–Crippen LogP) is 2.01. The third-order valence-electron chi connectivity index (χ3n) is 3.85. The van der Waals surface area contributed by atoms with Crippen LogP contribution in [0.2, 0.25) is 0 Å². The summed E-state index contributed by atoms with van der Waals surface area (Å²) in [6, 6.07) is 0. The van der Waals surface area contributed by atoms with Crippen molar-refractivity contribution in [3.63, 3.8) is 0 Å². The van der Waals surface area contributed by atoms with Crippen LogP contribution < -0.4 is 16.0 Å². The highest BCUT2D eigenvalue weighted by molar-refractivity contribution is 5.79. The Morgan fingerprint density at radius 1 is 1.19 bits per heavy atom. The van der Waals surface area contributed by atoms with E-state index in [4.69, 9.17) is 4.74 Å². The van der Waals surface area contributed by atoms with Crippen LogP contribution in [0.3, 0.4) is 0 Å². The minimum atomic E-state index is -0.523. The molecule has 0 aromatic carbocycles. The van der Waals surface area contributed by atoms with E-state index >= 15 is 0 Å². The number of aliphatic imine (C=N–C) groups is 1. The summed E-state index contributed by atoms with van der Waals surface area (Å²) in [6.45, 7) is 14.5. The van der Waals surface area contributed by atoms with Crippen LogP contribution in [0.25, 0.3) is 0 Å². The molecule has 0 aliphatic heterocycles. The van der Waals surface area contributed by atoms with Crippen molar-refractivity contribution >= 4 is 12.1 Å². The Labute approximate surface area is 156 Å². The number of amides is 1. The van der Waals surface area contributed by atoms with Gasteiger partial charge >= 0.3 is 6.09 Å². The van der Waals surface area contributed by atoms with Crippen molar-refractivity contribution in [2.45, 2.75) is 66.2 Å². The number of hydrogen-bond acceptors (Lipinski definition) is 4. The monoisotopic (exact) mass is 366 g/mol. The van der Waals surface area contributed by atoms with Gasteiger partial charge in [0.25, 0.3) is 0 Å². The molecule has 1 amide bonds. The van der Waals surface area contributed by atoms with Gasteiger partial charge in [0.15, 0.2) is 5.96 Å². The Kier molecular flexibility index (Phi) is 7.06. The number of aryl methyl sites for hydroxylation is 2. The Morgan fingerprint density at radius 3 is 2.27 bits per heavy atom. The van der Waals surface area contributed by atoms with Gasteiger partial charge in [-0.1, -0.05) is 0 Å². The van der Waals surface area contributed by atoms with E-state index in [9.17, 15) is 4.79 Å². The van der Waals surface area contributed by atoms with Gasteiger partial charge in [0.2, 0.25) is 0 Å². The molecule has 8 heteroatoms. The molecular weight excluding hydrogens is 332 g/mol. The van der Waals surface area contributed by atoms with Gasteiger partial charge < -0.3 is 20.7 Å². The van der Waals surface area contributed by atoms with E-state index in [0.29, 0.717) is 19.0 Å². The lowest BCUT2D eigenvalue weighted by atomic mass is 10.1. The highest BCUT2D eigenvalue weighted by atomic mass is 16.6. The maximum Gasteiger partial charge on any atom is 0.408 e. The van der Waals surface area contributed by atoms with Crippen molar-refractivity contribution < 1.29 is 9.53 Å². The molecule has 1 aromatic rings. The summed E-state index contributed by atoms with van der Waals surface area (Å²) in [7, 11) is 3.65. The number of carbonyl (C=O) groups is 1. The van der Waals surface area contributed by atoms with Crippen LogP contribution in [-0.2, 0) is 18.3 Å². The van der Waals surface area contributed by atoms with Crippen molar-refractivity contribution in [2.75, 3.05) is 13.6 Å². The quantitative estimate of drug-likeness (QED) is 0.548. The fourth-order valence-corrected chi connectivity index (χ4v) is 2.39. The number of alkyl carbamates (subject to hydrolysis) is 1. The molecule has 0 aliphatic rings. The molecule has 0 spiro atoms. The van der Waals surface area contributed by atoms with Crippen LogP contribution in [0, 0.1) is 13.8 Å². The lowest BCUT2D eigenvalue weighted by Gasteiger charge is -2.29. The average molecular weight is 367 g/mol. The molecule has 1 aromatic heterocycles. The molecule has 1 rings (SSSR count). The summed E-state index contributed by atoms with van der Waals surface area (Å²) in [6.07, 6.45) is -0.436. The summed E-state index contributed by atoms with van der Waals surface area (Å²) in [5, 5.41) is 13.8. The molecule has 1 heterocycles. The maximum atomic E-state index is 12.0. The number of carbonyl (C=O) groups excluding carboxylic acids is 1. The van der Waals surface area contributed by atoms with Gasteiger partial charge in [0.1, 0.15) is 5.60 Å². The van der Waals surface area contributed by atoms with E-state index in [0.717, 1.165) is 17.0 Å². The summed E-state index contributed by atoms with van der Waals surface area (Å²) in [4.78, 5) is 16.2.